The molecule has 0 radical (unpaired) electrons. The van der Waals surface area contributed by atoms with Crippen LogP contribution in [0.15, 0.2) is 30.3 Å². The number of rotatable bonds is 8. The SMILES string of the molecule is NCCCN(C(=O)CCOc1ccccc1)C1CC1. The van der Waals surface area contributed by atoms with Gasteiger partial charge in [0.05, 0.1) is 13.0 Å². The average molecular weight is 262 g/mol. The smallest absolute Gasteiger partial charge is 0.226 e. The molecule has 4 nitrogen and oxygen atoms in total. The number of benzene rings is 1. The van der Waals surface area contributed by atoms with Crippen molar-refractivity contribution >= 4 is 5.91 Å². The second-order valence-electron chi connectivity index (χ2n) is 4.87. The van der Waals surface area contributed by atoms with Crippen LogP contribution in [0.4, 0.5) is 0 Å². The highest BCUT2D eigenvalue weighted by atomic mass is 16.5. The van der Waals surface area contributed by atoms with Crippen molar-refractivity contribution in [2.75, 3.05) is 19.7 Å². The van der Waals surface area contributed by atoms with Crippen molar-refractivity contribution in [1.82, 2.24) is 4.90 Å². The molecule has 1 fully saturated rings. The van der Waals surface area contributed by atoms with Crippen molar-refractivity contribution < 1.29 is 9.53 Å². The largest absolute Gasteiger partial charge is 0.493 e. The number of hydrogen-bond acceptors (Lipinski definition) is 3. The molecule has 1 aliphatic carbocycles. The van der Waals surface area contributed by atoms with Crippen LogP contribution in [-0.2, 0) is 4.79 Å². The molecule has 1 amide bonds. The lowest BCUT2D eigenvalue weighted by Gasteiger charge is -2.22. The second-order valence-corrected chi connectivity index (χ2v) is 4.87. The molecule has 1 aromatic rings. The number of nitrogens with zero attached hydrogens (tertiary/aromatic N) is 1. The zero-order chi connectivity index (χ0) is 13.5. The molecule has 0 saturated heterocycles. The van der Waals surface area contributed by atoms with Gasteiger partial charge in [0, 0.05) is 12.6 Å². The molecule has 0 atom stereocenters. The van der Waals surface area contributed by atoms with Crippen LogP contribution in [-0.4, -0.2) is 36.5 Å². The molecular weight excluding hydrogens is 240 g/mol. The molecule has 1 aliphatic rings. The summed E-state index contributed by atoms with van der Waals surface area (Å²) in [4.78, 5) is 14.1. The van der Waals surface area contributed by atoms with Crippen LogP contribution < -0.4 is 10.5 Å². The second kappa shape index (κ2) is 7.14. The average Bonchev–Trinajstić information content (AvgIpc) is 3.25. The maximum Gasteiger partial charge on any atom is 0.226 e. The Balaban J connectivity index is 1.73. The number of para-hydroxylation sites is 1. The number of hydrogen-bond donors (Lipinski definition) is 1. The third-order valence-electron chi connectivity index (χ3n) is 3.24. The first-order valence-corrected chi connectivity index (χ1v) is 6.98. The summed E-state index contributed by atoms with van der Waals surface area (Å²) in [5.41, 5.74) is 5.51. The van der Waals surface area contributed by atoms with Crippen molar-refractivity contribution in [2.24, 2.45) is 5.73 Å². The molecule has 4 heteroatoms. The maximum atomic E-state index is 12.1. The van der Waals surface area contributed by atoms with E-state index in [0.29, 0.717) is 25.6 Å². The summed E-state index contributed by atoms with van der Waals surface area (Å²) in [6.07, 6.45) is 3.59. The zero-order valence-electron chi connectivity index (χ0n) is 11.3. The van der Waals surface area contributed by atoms with Gasteiger partial charge in [0.1, 0.15) is 5.75 Å². The molecule has 0 heterocycles. The van der Waals surface area contributed by atoms with Crippen molar-refractivity contribution in [3.05, 3.63) is 30.3 Å². The van der Waals surface area contributed by atoms with Crippen LogP contribution in [0, 0.1) is 0 Å². The van der Waals surface area contributed by atoms with Crippen molar-refractivity contribution in [1.29, 1.82) is 0 Å². The Bertz CT molecular complexity index is 390. The summed E-state index contributed by atoms with van der Waals surface area (Å²) in [6, 6.07) is 10.1. The fourth-order valence-corrected chi connectivity index (χ4v) is 2.08. The Labute approximate surface area is 114 Å². The van der Waals surface area contributed by atoms with Crippen LogP contribution >= 0.6 is 0 Å². The predicted octanol–water partition coefficient (Wildman–Crippen LogP) is 1.80. The molecule has 1 saturated carbocycles. The maximum absolute atomic E-state index is 12.1. The summed E-state index contributed by atoms with van der Waals surface area (Å²) in [6.45, 7) is 1.86. The molecule has 0 unspecified atom stereocenters. The quantitative estimate of drug-likeness (QED) is 0.777. The Morgan fingerprint density at radius 2 is 2.05 bits per heavy atom. The summed E-state index contributed by atoms with van der Waals surface area (Å²) in [5, 5.41) is 0. The summed E-state index contributed by atoms with van der Waals surface area (Å²) in [5.74, 6) is 1.00. The van der Waals surface area contributed by atoms with Gasteiger partial charge in [-0.25, -0.2) is 0 Å². The minimum atomic E-state index is 0.187. The predicted molar refractivity (Wildman–Crippen MR) is 75.0 cm³/mol. The molecule has 0 spiro atoms. The van der Waals surface area contributed by atoms with Gasteiger partial charge in [0.15, 0.2) is 0 Å². The highest BCUT2D eigenvalue weighted by molar-refractivity contribution is 5.77. The van der Waals surface area contributed by atoms with E-state index in [9.17, 15) is 4.79 Å². The highest BCUT2D eigenvalue weighted by Gasteiger charge is 2.31. The van der Waals surface area contributed by atoms with Gasteiger partial charge in [-0.15, -0.1) is 0 Å². The minimum absolute atomic E-state index is 0.187. The molecule has 0 aliphatic heterocycles. The molecule has 0 bridgehead atoms. The van der Waals surface area contributed by atoms with Gasteiger partial charge in [-0.1, -0.05) is 18.2 Å². The third kappa shape index (κ3) is 4.56. The molecule has 2 rings (SSSR count). The molecular formula is C15H22N2O2. The van der Waals surface area contributed by atoms with Crippen molar-refractivity contribution in [3.8, 4) is 5.75 Å². The lowest BCUT2D eigenvalue weighted by atomic mass is 10.3. The van der Waals surface area contributed by atoms with Crippen molar-refractivity contribution in [2.45, 2.75) is 31.7 Å². The van der Waals surface area contributed by atoms with Gasteiger partial charge >= 0.3 is 0 Å². The van der Waals surface area contributed by atoms with E-state index in [1.165, 1.54) is 0 Å². The van der Waals surface area contributed by atoms with Gasteiger partial charge in [0.25, 0.3) is 0 Å². The Morgan fingerprint density at radius 3 is 2.68 bits per heavy atom. The van der Waals surface area contributed by atoms with E-state index < -0.39 is 0 Å². The normalized spacial score (nSPS) is 14.2. The fourth-order valence-electron chi connectivity index (χ4n) is 2.08. The number of carbonyl (C=O) groups excluding carboxylic acids is 1. The number of nitrogens with two attached hydrogens (primary N) is 1. The first-order valence-electron chi connectivity index (χ1n) is 6.98. The standard InChI is InChI=1S/C15H22N2O2/c16-10-4-11-17(13-7-8-13)15(18)9-12-19-14-5-2-1-3-6-14/h1-3,5-6,13H,4,7-12,16H2. The van der Waals surface area contributed by atoms with Crippen LogP contribution in [0.3, 0.4) is 0 Å². The lowest BCUT2D eigenvalue weighted by Crippen LogP contribution is -2.35. The molecule has 0 aromatic heterocycles. The Kier molecular flexibility index (Phi) is 5.21. The Morgan fingerprint density at radius 1 is 1.32 bits per heavy atom. The number of carbonyl (C=O) groups is 1. The van der Waals surface area contributed by atoms with E-state index in [1.807, 2.05) is 35.2 Å². The fraction of sp³-hybridized carbons (Fsp3) is 0.533. The third-order valence-corrected chi connectivity index (χ3v) is 3.24. The van der Waals surface area contributed by atoms with Crippen molar-refractivity contribution in [3.63, 3.8) is 0 Å². The monoisotopic (exact) mass is 262 g/mol. The molecule has 2 N–H and O–H groups in total. The van der Waals surface area contributed by atoms with Crippen LogP contribution in [0.1, 0.15) is 25.7 Å². The summed E-state index contributed by atoms with van der Waals surface area (Å²) in [7, 11) is 0. The molecule has 1 aromatic carbocycles. The van der Waals surface area contributed by atoms with E-state index >= 15 is 0 Å². The summed E-state index contributed by atoms with van der Waals surface area (Å²) >= 11 is 0. The van der Waals surface area contributed by atoms with Crippen LogP contribution in [0.2, 0.25) is 0 Å². The Hall–Kier alpha value is -1.55. The zero-order valence-corrected chi connectivity index (χ0v) is 11.3. The first kappa shape index (κ1) is 13.9. The van der Waals surface area contributed by atoms with Crippen LogP contribution in [0.5, 0.6) is 5.75 Å². The lowest BCUT2D eigenvalue weighted by molar-refractivity contribution is -0.132. The van der Waals surface area contributed by atoms with Crippen LogP contribution in [0.25, 0.3) is 0 Å². The van der Waals surface area contributed by atoms with E-state index in [4.69, 9.17) is 10.5 Å². The topological polar surface area (TPSA) is 55.6 Å². The van der Waals surface area contributed by atoms with E-state index in [2.05, 4.69) is 0 Å². The van der Waals surface area contributed by atoms with E-state index in [-0.39, 0.29) is 5.91 Å². The van der Waals surface area contributed by atoms with Gasteiger partial charge in [-0.2, -0.15) is 0 Å². The van der Waals surface area contributed by atoms with E-state index in [1.54, 1.807) is 0 Å². The highest BCUT2D eigenvalue weighted by Crippen LogP contribution is 2.27. The molecule has 104 valence electrons. The van der Waals surface area contributed by atoms with Gasteiger partial charge < -0.3 is 15.4 Å². The van der Waals surface area contributed by atoms with Gasteiger partial charge in [-0.3, -0.25) is 4.79 Å². The van der Waals surface area contributed by atoms with E-state index in [0.717, 1.165) is 31.6 Å². The number of ether oxygens (including phenoxy) is 1. The number of amides is 1. The van der Waals surface area contributed by atoms with Gasteiger partial charge in [-0.05, 0) is 37.9 Å². The minimum Gasteiger partial charge on any atom is -0.493 e. The summed E-state index contributed by atoms with van der Waals surface area (Å²) < 4.78 is 5.56. The first-order chi connectivity index (χ1) is 9.31. The molecule has 19 heavy (non-hydrogen) atoms. The van der Waals surface area contributed by atoms with Gasteiger partial charge in [0.2, 0.25) is 5.91 Å².